The van der Waals surface area contributed by atoms with E-state index in [0.717, 1.165) is 18.9 Å². The van der Waals surface area contributed by atoms with Crippen LogP contribution in [0.2, 0.25) is 0 Å². The van der Waals surface area contributed by atoms with Crippen LogP contribution in [-0.2, 0) is 10.0 Å². The van der Waals surface area contributed by atoms with Crippen molar-refractivity contribution in [1.82, 2.24) is 9.21 Å². The Morgan fingerprint density at radius 3 is 2.43 bits per heavy atom. The number of hydrogen-bond acceptors (Lipinski definition) is 4. The lowest BCUT2D eigenvalue weighted by molar-refractivity contribution is 0.196. The molecule has 0 unspecified atom stereocenters. The minimum atomic E-state index is -3.84. The molecule has 0 bridgehead atoms. The van der Waals surface area contributed by atoms with Crippen LogP contribution in [0.5, 0.6) is 0 Å². The van der Waals surface area contributed by atoms with Gasteiger partial charge in [0.1, 0.15) is 10.7 Å². The summed E-state index contributed by atoms with van der Waals surface area (Å²) >= 11 is 3.09. The van der Waals surface area contributed by atoms with Gasteiger partial charge in [0.05, 0.1) is 0 Å². The molecule has 0 aliphatic carbocycles. The van der Waals surface area contributed by atoms with E-state index in [2.05, 4.69) is 20.8 Å². The van der Waals surface area contributed by atoms with Gasteiger partial charge in [-0.2, -0.15) is 4.31 Å². The van der Waals surface area contributed by atoms with E-state index in [9.17, 15) is 12.8 Å². The van der Waals surface area contributed by atoms with Crippen molar-refractivity contribution < 1.29 is 12.8 Å². The highest BCUT2D eigenvalue weighted by molar-refractivity contribution is 9.10. The lowest BCUT2D eigenvalue weighted by Gasteiger charge is -2.34. The van der Waals surface area contributed by atoms with E-state index in [1.807, 2.05) is 14.1 Å². The van der Waals surface area contributed by atoms with Gasteiger partial charge in [-0.3, -0.25) is 0 Å². The number of benzene rings is 1. The van der Waals surface area contributed by atoms with Crippen LogP contribution in [0.3, 0.4) is 0 Å². The zero-order chi connectivity index (χ0) is 15.8. The zero-order valence-corrected chi connectivity index (χ0v) is 14.4. The maximum absolute atomic E-state index is 14.0. The standard InChI is InChI=1S/C13H19BrFN3O2S/c1-17(2)9-3-5-18(6-4-9)21(19,20)13-8-12(16)10(14)7-11(13)15/h7-9H,3-6,16H2,1-2H3. The van der Waals surface area contributed by atoms with E-state index in [4.69, 9.17) is 5.73 Å². The molecule has 118 valence electrons. The number of sulfonamides is 1. The Labute approximate surface area is 133 Å². The van der Waals surface area contributed by atoms with Crippen LogP contribution in [0.1, 0.15) is 12.8 Å². The second-order valence-corrected chi connectivity index (χ2v) is 8.16. The van der Waals surface area contributed by atoms with Crippen molar-refractivity contribution in [2.45, 2.75) is 23.8 Å². The maximum Gasteiger partial charge on any atom is 0.246 e. The number of nitrogen functional groups attached to an aromatic ring is 1. The summed E-state index contributed by atoms with van der Waals surface area (Å²) < 4.78 is 40.8. The minimum absolute atomic E-state index is 0.207. The molecule has 0 radical (unpaired) electrons. The van der Waals surface area contributed by atoms with E-state index in [1.165, 1.54) is 10.4 Å². The SMILES string of the molecule is CN(C)C1CCN(S(=O)(=O)c2cc(N)c(Br)cc2F)CC1. The number of nitrogens with two attached hydrogens (primary N) is 1. The van der Waals surface area contributed by atoms with Crippen LogP contribution < -0.4 is 5.73 Å². The van der Waals surface area contributed by atoms with Crippen LogP contribution in [0.4, 0.5) is 10.1 Å². The fraction of sp³-hybridized carbons (Fsp3) is 0.538. The highest BCUT2D eigenvalue weighted by Gasteiger charge is 2.32. The predicted molar refractivity (Wildman–Crippen MR) is 84.0 cm³/mol. The number of piperidine rings is 1. The summed E-state index contributed by atoms with van der Waals surface area (Å²) in [5.74, 6) is -0.786. The highest BCUT2D eigenvalue weighted by atomic mass is 79.9. The summed E-state index contributed by atoms with van der Waals surface area (Å²) in [4.78, 5) is 1.73. The first-order valence-electron chi connectivity index (χ1n) is 6.64. The lowest BCUT2D eigenvalue weighted by atomic mass is 10.1. The van der Waals surface area contributed by atoms with Gasteiger partial charge in [-0.25, -0.2) is 12.8 Å². The Bertz CT molecular complexity index is 629. The van der Waals surface area contributed by atoms with Crippen LogP contribution >= 0.6 is 15.9 Å². The first kappa shape index (κ1) is 16.7. The van der Waals surface area contributed by atoms with E-state index >= 15 is 0 Å². The van der Waals surface area contributed by atoms with Gasteiger partial charge in [0.25, 0.3) is 0 Å². The van der Waals surface area contributed by atoms with Crippen LogP contribution in [0.15, 0.2) is 21.5 Å². The van der Waals surface area contributed by atoms with Crippen molar-refractivity contribution in [3.05, 3.63) is 22.4 Å². The number of hydrogen-bond donors (Lipinski definition) is 1. The third kappa shape index (κ3) is 3.39. The summed E-state index contributed by atoms with van der Waals surface area (Å²) in [5, 5.41) is 0. The number of nitrogens with zero attached hydrogens (tertiary/aromatic N) is 2. The third-order valence-corrected chi connectivity index (χ3v) is 6.42. The molecule has 5 nitrogen and oxygen atoms in total. The molecule has 1 heterocycles. The van der Waals surface area contributed by atoms with Crippen LogP contribution in [0.25, 0.3) is 0 Å². The quantitative estimate of drug-likeness (QED) is 0.814. The predicted octanol–water partition coefficient (Wildman–Crippen LogP) is 1.89. The summed E-state index contributed by atoms with van der Waals surface area (Å²) in [7, 11) is 0.110. The molecule has 1 aliphatic heterocycles. The number of rotatable bonds is 3. The van der Waals surface area contributed by atoms with Crippen LogP contribution in [-0.4, -0.2) is 50.8 Å². The maximum atomic E-state index is 14.0. The molecule has 1 fully saturated rings. The number of halogens is 2. The van der Waals surface area contributed by atoms with Crippen molar-refractivity contribution in [3.63, 3.8) is 0 Å². The minimum Gasteiger partial charge on any atom is -0.398 e. The molecule has 1 aromatic rings. The molecule has 8 heteroatoms. The molecule has 1 aromatic carbocycles. The van der Waals surface area contributed by atoms with Crippen molar-refractivity contribution in [2.75, 3.05) is 32.9 Å². The molecule has 0 spiro atoms. The average Bonchev–Trinajstić information content (AvgIpc) is 2.42. The Morgan fingerprint density at radius 2 is 1.90 bits per heavy atom. The van der Waals surface area contributed by atoms with Crippen molar-refractivity contribution in [1.29, 1.82) is 0 Å². The Hall–Kier alpha value is -0.700. The van der Waals surface area contributed by atoms with Crippen molar-refractivity contribution in [3.8, 4) is 0 Å². The van der Waals surface area contributed by atoms with E-state index < -0.39 is 15.8 Å². The zero-order valence-electron chi connectivity index (χ0n) is 12.0. The molecule has 0 saturated carbocycles. The van der Waals surface area contributed by atoms with E-state index in [0.29, 0.717) is 23.6 Å². The van der Waals surface area contributed by atoms with Gasteiger partial charge in [-0.1, -0.05) is 0 Å². The third-order valence-electron chi connectivity index (χ3n) is 3.82. The molecule has 1 aliphatic rings. The fourth-order valence-corrected chi connectivity index (χ4v) is 4.35. The van der Waals surface area contributed by atoms with Gasteiger partial charge in [0.15, 0.2) is 0 Å². The Balaban J connectivity index is 2.26. The molecular weight excluding hydrogens is 361 g/mol. The summed E-state index contributed by atoms with van der Waals surface area (Å²) in [5.41, 5.74) is 5.88. The van der Waals surface area contributed by atoms with Crippen LogP contribution in [0, 0.1) is 5.82 Å². The van der Waals surface area contributed by atoms with E-state index in [1.54, 1.807) is 0 Å². The second kappa shape index (κ2) is 6.20. The number of anilines is 1. The molecular formula is C13H19BrFN3O2S. The summed E-state index contributed by atoms with van der Waals surface area (Å²) in [6.07, 6.45) is 1.47. The fourth-order valence-electron chi connectivity index (χ4n) is 2.48. The molecule has 0 amide bonds. The highest BCUT2D eigenvalue weighted by Crippen LogP contribution is 2.29. The van der Waals surface area contributed by atoms with Crippen molar-refractivity contribution in [2.24, 2.45) is 0 Å². The largest absolute Gasteiger partial charge is 0.398 e. The Kier molecular flexibility index (Phi) is 4.92. The van der Waals surface area contributed by atoms with Gasteiger partial charge in [0, 0.05) is 29.3 Å². The second-order valence-electron chi connectivity index (χ2n) is 5.40. The van der Waals surface area contributed by atoms with Crippen molar-refractivity contribution >= 4 is 31.6 Å². The first-order valence-corrected chi connectivity index (χ1v) is 8.88. The molecule has 0 atom stereocenters. The van der Waals surface area contributed by atoms with Gasteiger partial charge in [-0.15, -0.1) is 0 Å². The molecule has 2 rings (SSSR count). The normalized spacial score (nSPS) is 18.3. The molecule has 0 aromatic heterocycles. The topological polar surface area (TPSA) is 66.6 Å². The smallest absolute Gasteiger partial charge is 0.246 e. The average molecular weight is 380 g/mol. The lowest BCUT2D eigenvalue weighted by Crippen LogP contribution is -2.44. The van der Waals surface area contributed by atoms with Gasteiger partial charge in [-0.05, 0) is 55.0 Å². The summed E-state index contributed by atoms with van der Waals surface area (Å²) in [6, 6.07) is 2.62. The van der Waals surface area contributed by atoms with Gasteiger partial charge in [0.2, 0.25) is 10.0 Å². The molecule has 21 heavy (non-hydrogen) atoms. The van der Waals surface area contributed by atoms with Gasteiger partial charge >= 0.3 is 0 Å². The monoisotopic (exact) mass is 379 g/mol. The van der Waals surface area contributed by atoms with E-state index in [-0.39, 0.29) is 10.6 Å². The molecule has 1 saturated heterocycles. The van der Waals surface area contributed by atoms with Gasteiger partial charge < -0.3 is 10.6 Å². The first-order chi connectivity index (χ1) is 9.73. The summed E-state index contributed by atoms with van der Waals surface area (Å²) in [6.45, 7) is 0.779. The molecule has 2 N–H and O–H groups in total. The Morgan fingerprint density at radius 1 is 1.33 bits per heavy atom.